The SMILES string of the molecule is NCC1CCCN(Cc2cncc(F)c2)C1. The van der Waals surface area contributed by atoms with Crippen molar-refractivity contribution in [3.05, 3.63) is 29.8 Å². The van der Waals surface area contributed by atoms with E-state index in [9.17, 15) is 4.39 Å². The number of piperidine rings is 1. The van der Waals surface area contributed by atoms with Gasteiger partial charge in [0.2, 0.25) is 0 Å². The minimum atomic E-state index is -0.259. The number of hydrogen-bond donors (Lipinski definition) is 1. The molecule has 1 aromatic rings. The molecular formula is C12H18FN3. The molecule has 3 nitrogen and oxygen atoms in total. The van der Waals surface area contributed by atoms with Crippen molar-refractivity contribution in [2.24, 2.45) is 11.7 Å². The van der Waals surface area contributed by atoms with E-state index in [2.05, 4.69) is 9.88 Å². The zero-order chi connectivity index (χ0) is 11.4. The zero-order valence-electron chi connectivity index (χ0n) is 9.40. The lowest BCUT2D eigenvalue weighted by Gasteiger charge is -2.31. The van der Waals surface area contributed by atoms with E-state index in [0.29, 0.717) is 5.92 Å². The molecule has 0 bridgehead atoms. The summed E-state index contributed by atoms with van der Waals surface area (Å²) in [5, 5.41) is 0. The van der Waals surface area contributed by atoms with Crippen LogP contribution in [-0.2, 0) is 6.54 Å². The maximum atomic E-state index is 13.0. The monoisotopic (exact) mass is 223 g/mol. The molecule has 2 N–H and O–H groups in total. The van der Waals surface area contributed by atoms with Gasteiger partial charge in [0, 0.05) is 19.3 Å². The summed E-state index contributed by atoms with van der Waals surface area (Å²) in [6, 6.07) is 1.55. The smallest absolute Gasteiger partial charge is 0.141 e. The van der Waals surface area contributed by atoms with E-state index in [1.54, 1.807) is 12.3 Å². The molecule has 0 radical (unpaired) electrons. The Kier molecular flexibility index (Phi) is 3.85. The van der Waals surface area contributed by atoms with Gasteiger partial charge in [-0.25, -0.2) is 4.39 Å². The second-order valence-electron chi connectivity index (χ2n) is 4.49. The van der Waals surface area contributed by atoms with Gasteiger partial charge in [-0.1, -0.05) is 0 Å². The molecule has 0 saturated carbocycles. The highest BCUT2D eigenvalue weighted by Gasteiger charge is 2.18. The minimum absolute atomic E-state index is 0.259. The Bertz CT molecular complexity index is 343. The van der Waals surface area contributed by atoms with E-state index in [1.165, 1.54) is 19.0 Å². The zero-order valence-corrected chi connectivity index (χ0v) is 9.40. The Morgan fingerprint density at radius 1 is 1.50 bits per heavy atom. The lowest BCUT2D eigenvalue weighted by atomic mass is 9.98. The number of aromatic nitrogens is 1. The summed E-state index contributed by atoms with van der Waals surface area (Å²) in [4.78, 5) is 6.19. The molecule has 0 aromatic carbocycles. The van der Waals surface area contributed by atoms with E-state index in [0.717, 1.165) is 31.7 Å². The van der Waals surface area contributed by atoms with Gasteiger partial charge in [-0.2, -0.15) is 0 Å². The number of pyridine rings is 1. The molecular weight excluding hydrogens is 205 g/mol. The van der Waals surface area contributed by atoms with E-state index < -0.39 is 0 Å². The van der Waals surface area contributed by atoms with Crippen LogP contribution < -0.4 is 5.73 Å². The summed E-state index contributed by atoms with van der Waals surface area (Å²) in [7, 11) is 0. The summed E-state index contributed by atoms with van der Waals surface area (Å²) in [6.45, 7) is 3.62. The first kappa shape index (κ1) is 11.5. The fraction of sp³-hybridized carbons (Fsp3) is 0.583. The molecule has 0 amide bonds. The van der Waals surface area contributed by atoms with Gasteiger partial charge in [-0.05, 0) is 43.5 Å². The number of nitrogens with zero attached hydrogens (tertiary/aromatic N) is 2. The topological polar surface area (TPSA) is 42.1 Å². The van der Waals surface area contributed by atoms with Gasteiger partial charge < -0.3 is 5.73 Å². The molecule has 1 aromatic heterocycles. The predicted molar refractivity (Wildman–Crippen MR) is 61.3 cm³/mol. The summed E-state index contributed by atoms with van der Waals surface area (Å²) in [5.74, 6) is 0.333. The van der Waals surface area contributed by atoms with Crippen LogP contribution >= 0.6 is 0 Å². The molecule has 16 heavy (non-hydrogen) atoms. The lowest BCUT2D eigenvalue weighted by Crippen LogP contribution is -2.37. The van der Waals surface area contributed by atoms with Gasteiger partial charge in [-0.15, -0.1) is 0 Å². The highest BCUT2D eigenvalue weighted by atomic mass is 19.1. The van der Waals surface area contributed by atoms with Crippen LogP contribution in [0.5, 0.6) is 0 Å². The number of hydrogen-bond acceptors (Lipinski definition) is 3. The molecule has 1 unspecified atom stereocenters. The number of rotatable bonds is 3. The Hall–Kier alpha value is -1.00. The van der Waals surface area contributed by atoms with Gasteiger partial charge >= 0.3 is 0 Å². The average molecular weight is 223 g/mol. The lowest BCUT2D eigenvalue weighted by molar-refractivity contribution is 0.170. The van der Waals surface area contributed by atoms with E-state index in [4.69, 9.17) is 5.73 Å². The van der Waals surface area contributed by atoms with Crippen LogP contribution in [0.3, 0.4) is 0 Å². The van der Waals surface area contributed by atoms with Crippen molar-refractivity contribution >= 4 is 0 Å². The van der Waals surface area contributed by atoms with Crippen LogP contribution in [0.15, 0.2) is 18.5 Å². The normalized spacial score (nSPS) is 22.2. The van der Waals surface area contributed by atoms with Gasteiger partial charge in [0.15, 0.2) is 0 Å². The second kappa shape index (κ2) is 5.37. The first-order chi connectivity index (χ1) is 7.78. The fourth-order valence-electron chi connectivity index (χ4n) is 2.29. The number of nitrogens with two attached hydrogens (primary N) is 1. The molecule has 1 aliphatic heterocycles. The standard InChI is InChI=1S/C12H18FN3/c13-12-4-11(6-15-7-12)9-16-3-1-2-10(5-14)8-16/h4,6-7,10H,1-3,5,8-9,14H2. The molecule has 1 aliphatic rings. The highest BCUT2D eigenvalue weighted by molar-refractivity contribution is 5.10. The maximum absolute atomic E-state index is 13.0. The van der Waals surface area contributed by atoms with Crippen molar-refractivity contribution in [2.75, 3.05) is 19.6 Å². The summed E-state index contributed by atoms with van der Waals surface area (Å²) >= 11 is 0. The van der Waals surface area contributed by atoms with Crippen molar-refractivity contribution in [3.63, 3.8) is 0 Å². The third kappa shape index (κ3) is 3.00. The Morgan fingerprint density at radius 2 is 2.38 bits per heavy atom. The third-order valence-electron chi connectivity index (χ3n) is 3.10. The van der Waals surface area contributed by atoms with E-state index >= 15 is 0 Å². The maximum Gasteiger partial charge on any atom is 0.141 e. The van der Waals surface area contributed by atoms with Gasteiger partial charge in [0.05, 0.1) is 6.20 Å². The van der Waals surface area contributed by atoms with Crippen LogP contribution in [0.2, 0.25) is 0 Å². The fourth-order valence-corrected chi connectivity index (χ4v) is 2.29. The van der Waals surface area contributed by atoms with E-state index in [1.807, 2.05) is 0 Å². The average Bonchev–Trinajstić information content (AvgIpc) is 2.29. The Balaban J connectivity index is 1.94. The van der Waals surface area contributed by atoms with Gasteiger partial charge in [0.1, 0.15) is 5.82 Å². The number of halogens is 1. The first-order valence-corrected chi connectivity index (χ1v) is 5.80. The minimum Gasteiger partial charge on any atom is -0.330 e. The van der Waals surface area contributed by atoms with Crippen LogP contribution in [0.1, 0.15) is 18.4 Å². The summed E-state index contributed by atoms with van der Waals surface area (Å²) < 4.78 is 13.0. The third-order valence-corrected chi connectivity index (χ3v) is 3.10. The second-order valence-corrected chi connectivity index (χ2v) is 4.49. The van der Waals surface area contributed by atoms with Crippen LogP contribution in [0, 0.1) is 11.7 Å². The molecule has 0 spiro atoms. The molecule has 1 fully saturated rings. The van der Waals surface area contributed by atoms with Gasteiger partial charge in [-0.3, -0.25) is 9.88 Å². The van der Waals surface area contributed by atoms with Gasteiger partial charge in [0.25, 0.3) is 0 Å². The van der Waals surface area contributed by atoms with Crippen molar-refractivity contribution in [2.45, 2.75) is 19.4 Å². The molecule has 4 heteroatoms. The number of likely N-dealkylation sites (tertiary alicyclic amines) is 1. The summed E-state index contributed by atoms with van der Waals surface area (Å²) in [5.41, 5.74) is 6.63. The summed E-state index contributed by atoms with van der Waals surface area (Å²) in [6.07, 6.45) is 5.37. The quantitative estimate of drug-likeness (QED) is 0.842. The Labute approximate surface area is 95.5 Å². The van der Waals surface area contributed by atoms with Crippen molar-refractivity contribution in [1.29, 1.82) is 0 Å². The molecule has 2 heterocycles. The van der Waals surface area contributed by atoms with Crippen molar-refractivity contribution < 1.29 is 4.39 Å². The van der Waals surface area contributed by atoms with Crippen LogP contribution in [0.4, 0.5) is 4.39 Å². The molecule has 2 rings (SSSR count). The molecule has 88 valence electrons. The largest absolute Gasteiger partial charge is 0.330 e. The van der Waals surface area contributed by atoms with E-state index in [-0.39, 0.29) is 5.82 Å². The highest BCUT2D eigenvalue weighted by Crippen LogP contribution is 2.17. The molecule has 0 aliphatic carbocycles. The first-order valence-electron chi connectivity index (χ1n) is 5.80. The predicted octanol–water partition coefficient (Wildman–Crippen LogP) is 1.39. The van der Waals surface area contributed by atoms with Crippen LogP contribution in [-0.4, -0.2) is 29.5 Å². The Morgan fingerprint density at radius 3 is 3.12 bits per heavy atom. The van der Waals surface area contributed by atoms with Crippen molar-refractivity contribution in [1.82, 2.24) is 9.88 Å². The van der Waals surface area contributed by atoms with Crippen molar-refractivity contribution in [3.8, 4) is 0 Å². The molecule has 1 saturated heterocycles. The molecule has 1 atom stereocenters. The van der Waals surface area contributed by atoms with Crippen LogP contribution in [0.25, 0.3) is 0 Å².